The monoisotopic (exact) mass is 207 g/mol. The highest BCUT2D eigenvalue weighted by Crippen LogP contribution is 2.28. The highest BCUT2D eigenvalue weighted by Gasteiger charge is 2.16. The van der Waals surface area contributed by atoms with Crippen molar-refractivity contribution >= 4 is 11.7 Å². The summed E-state index contributed by atoms with van der Waals surface area (Å²) in [5, 5.41) is 8.65. The number of hydrogen-bond acceptors (Lipinski definition) is 2. The zero-order valence-electron chi connectivity index (χ0n) is 9.37. The van der Waals surface area contributed by atoms with Crippen molar-refractivity contribution < 1.29 is 9.90 Å². The molecule has 0 heterocycles. The van der Waals surface area contributed by atoms with Crippen LogP contribution in [0.1, 0.15) is 31.9 Å². The van der Waals surface area contributed by atoms with E-state index in [-0.39, 0.29) is 11.8 Å². The Hall–Kier alpha value is -1.51. The van der Waals surface area contributed by atoms with Crippen LogP contribution in [-0.2, 0) is 16.6 Å². The van der Waals surface area contributed by atoms with Crippen LogP contribution in [0.2, 0.25) is 0 Å². The number of aliphatic carboxylic acids is 1. The van der Waals surface area contributed by atoms with Crippen LogP contribution in [0.15, 0.2) is 18.2 Å². The molecule has 0 aliphatic carbocycles. The highest BCUT2D eigenvalue weighted by atomic mass is 16.4. The molecule has 15 heavy (non-hydrogen) atoms. The first kappa shape index (κ1) is 11.6. The Labute approximate surface area is 89.9 Å². The second kappa shape index (κ2) is 3.93. The summed E-state index contributed by atoms with van der Waals surface area (Å²) in [7, 11) is 0. The molecule has 3 heteroatoms. The minimum Gasteiger partial charge on any atom is -0.481 e. The highest BCUT2D eigenvalue weighted by molar-refractivity contribution is 5.71. The molecule has 1 aromatic carbocycles. The van der Waals surface area contributed by atoms with Gasteiger partial charge in [0.2, 0.25) is 0 Å². The molecule has 1 aromatic rings. The zero-order chi connectivity index (χ0) is 11.6. The molecule has 3 nitrogen and oxygen atoms in total. The molecule has 0 aliphatic heterocycles. The largest absolute Gasteiger partial charge is 0.481 e. The number of nitrogen functional groups attached to an aromatic ring is 1. The molecule has 0 bridgehead atoms. The van der Waals surface area contributed by atoms with Gasteiger partial charge in [-0.25, -0.2) is 0 Å². The van der Waals surface area contributed by atoms with Crippen LogP contribution in [0, 0.1) is 0 Å². The maximum atomic E-state index is 10.5. The molecular formula is C12H17NO2. The Bertz CT molecular complexity index is 378. The van der Waals surface area contributed by atoms with Crippen LogP contribution in [-0.4, -0.2) is 11.1 Å². The summed E-state index contributed by atoms with van der Waals surface area (Å²) < 4.78 is 0. The Morgan fingerprint density at radius 3 is 2.40 bits per heavy atom. The smallest absolute Gasteiger partial charge is 0.307 e. The lowest BCUT2D eigenvalue weighted by atomic mass is 9.85. The van der Waals surface area contributed by atoms with E-state index >= 15 is 0 Å². The van der Waals surface area contributed by atoms with E-state index in [9.17, 15) is 4.79 Å². The van der Waals surface area contributed by atoms with E-state index in [0.717, 1.165) is 11.1 Å². The van der Waals surface area contributed by atoms with Gasteiger partial charge in [0.25, 0.3) is 0 Å². The first-order valence-corrected chi connectivity index (χ1v) is 4.91. The van der Waals surface area contributed by atoms with Gasteiger partial charge in [-0.3, -0.25) is 4.79 Å². The number of carboxylic acids is 1. The number of hydrogen-bond donors (Lipinski definition) is 2. The average Bonchev–Trinajstić information content (AvgIpc) is 1.99. The van der Waals surface area contributed by atoms with Crippen LogP contribution in [0.4, 0.5) is 5.69 Å². The first-order chi connectivity index (χ1) is 6.80. The number of anilines is 1. The van der Waals surface area contributed by atoms with Crippen LogP contribution in [0.3, 0.4) is 0 Å². The van der Waals surface area contributed by atoms with Crippen LogP contribution in [0.25, 0.3) is 0 Å². The number of rotatable bonds is 2. The number of benzene rings is 1. The van der Waals surface area contributed by atoms with E-state index in [1.54, 1.807) is 6.07 Å². The van der Waals surface area contributed by atoms with Crippen LogP contribution >= 0.6 is 0 Å². The van der Waals surface area contributed by atoms with Crippen molar-refractivity contribution in [3.63, 3.8) is 0 Å². The molecular weight excluding hydrogens is 190 g/mol. The van der Waals surface area contributed by atoms with Crippen molar-refractivity contribution in [2.45, 2.75) is 32.6 Å². The molecule has 3 N–H and O–H groups in total. The molecule has 82 valence electrons. The second-order valence-corrected chi connectivity index (χ2v) is 4.74. The molecule has 0 unspecified atom stereocenters. The van der Waals surface area contributed by atoms with E-state index < -0.39 is 5.97 Å². The predicted molar refractivity (Wildman–Crippen MR) is 60.9 cm³/mol. The summed E-state index contributed by atoms with van der Waals surface area (Å²) in [5.41, 5.74) is 8.35. The third kappa shape index (κ3) is 2.98. The fourth-order valence-corrected chi connectivity index (χ4v) is 1.58. The van der Waals surface area contributed by atoms with Crippen molar-refractivity contribution in [3.8, 4) is 0 Å². The van der Waals surface area contributed by atoms with Gasteiger partial charge in [0.15, 0.2) is 0 Å². The zero-order valence-corrected chi connectivity index (χ0v) is 9.37. The van der Waals surface area contributed by atoms with Gasteiger partial charge in [-0.15, -0.1) is 0 Å². The van der Waals surface area contributed by atoms with Crippen molar-refractivity contribution in [1.82, 2.24) is 0 Å². The molecule has 0 atom stereocenters. The van der Waals surface area contributed by atoms with Crippen LogP contribution < -0.4 is 5.73 Å². The second-order valence-electron chi connectivity index (χ2n) is 4.74. The van der Waals surface area contributed by atoms with E-state index in [2.05, 4.69) is 20.8 Å². The maximum Gasteiger partial charge on any atom is 0.307 e. The van der Waals surface area contributed by atoms with Crippen LogP contribution in [0.5, 0.6) is 0 Å². The minimum atomic E-state index is -0.835. The lowest BCUT2D eigenvalue weighted by Crippen LogP contribution is -2.14. The van der Waals surface area contributed by atoms with Crippen molar-refractivity contribution in [1.29, 1.82) is 0 Å². The SMILES string of the molecule is CC(C)(C)c1ccc(CC(=O)O)cc1N. The molecule has 0 saturated carbocycles. The quantitative estimate of drug-likeness (QED) is 0.731. The Morgan fingerprint density at radius 1 is 1.40 bits per heavy atom. The molecule has 0 spiro atoms. The molecule has 0 saturated heterocycles. The summed E-state index contributed by atoms with van der Waals surface area (Å²) in [6.45, 7) is 6.24. The maximum absolute atomic E-state index is 10.5. The number of carbonyl (C=O) groups is 1. The molecule has 0 aliphatic rings. The Kier molecular flexibility index (Phi) is 3.03. The Morgan fingerprint density at radius 2 is 2.00 bits per heavy atom. The topological polar surface area (TPSA) is 63.3 Å². The molecule has 0 radical (unpaired) electrons. The number of carboxylic acid groups (broad SMARTS) is 1. The van der Waals surface area contributed by atoms with Crippen molar-refractivity contribution in [2.75, 3.05) is 5.73 Å². The summed E-state index contributed by atoms with van der Waals surface area (Å²) in [6, 6.07) is 5.48. The number of nitrogens with two attached hydrogens (primary N) is 1. The van der Waals surface area contributed by atoms with Gasteiger partial charge in [0, 0.05) is 5.69 Å². The first-order valence-electron chi connectivity index (χ1n) is 4.91. The van der Waals surface area contributed by atoms with Crippen molar-refractivity contribution in [3.05, 3.63) is 29.3 Å². The van der Waals surface area contributed by atoms with Gasteiger partial charge in [-0.2, -0.15) is 0 Å². The summed E-state index contributed by atoms with van der Waals surface area (Å²) in [5.74, 6) is -0.835. The lowest BCUT2D eigenvalue weighted by Gasteiger charge is -2.21. The molecule has 1 rings (SSSR count). The summed E-state index contributed by atoms with van der Waals surface area (Å²) in [4.78, 5) is 10.5. The lowest BCUT2D eigenvalue weighted by molar-refractivity contribution is -0.136. The standard InChI is InChI=1S/C12H17NO2/c1-12(2,3)9-5-4-8(6-10(9)13)7-11(14)15/h4-6H,7,13H2,1-3H3,(H,14,15). The average molecular weight is 207 g/mol. The third-order valence-corrected chi connectivity index (χ3v) is 2.28. The van der Waals surface area contributed by atoms with E-state index in [1.807, 2.05) is 12.1 Å². The van der Waals surface area contributed by atoms with Gasteiger partial charge in [0.1, 0.15) is 0 Å². The molecule has 0 aromatic heterocycles. The van der Waals surface area contributed by atoms with Gasteiger partial charge in [-0.1, -0.05) is 32.9 Å². The summed E-state index contributed by atoms with van der Waals surface area (Å²) in [6.07, 6.45) is 0.0224. The third-order valence-electron chi connectivity index (χ3n) is 2.28. The van der Waals surface area contributed by atoms with Gasteiger partial charge >= 0.3 is 5.97 Å². The predicted octanol–water partition coefficient (Wildman–Crippen LogP) is 2.19. The normalized spacial score (nSPS) is 11.4. The van der Waals surface area contributed by atoms with Gasteiger partial charge in [0.05, 0.1) is 6.42 Å². The Balaban J connectivity index is 3.04. The molecule has 0 amide bonds. The minimum absolute atomic E-state index is 0.00810. The van der Waals surface area contributed by atoms with E-state index in [0.29, 0.717) is 5.69 Å². The van der Waals surface area contributed by atoms with Crippen molar-refractivity contribution in [2.24, 2.45) is 0 Å². The summed E-state index contributed by atoms with van der Waals surface area (Å²) >= 11 is 0. The van der Waals surface area contributed by atoms with Gasteiger partial charge < -0.3 is 10.8 Å². The fraction of sp³-hybridized carbons (Fsp3) is 0.417. The van der Waals surface area contributed by atoms with E-state index in [1.165, 1.54) is 0 Å². The molecule has 0 fully saturated rings. The van der Waals surface area contributed by atoms with E-state index in [4.69, 9.17) is 10.8 Å². The van der Waals surface area contributed by atoms with Gasteiger partial charge in [-0.05, 0) is 22.6 Å². The fourth-order valence-electron chi connectivity index (χ4n) is 1.58.